The number of hydrogen-bond donors (Lipinski definition) is 1. The highest BCUT2D eigenvalue weighted by atomic mass is 32.2. The molecule has 0 atom stereocenters. The molecule has 0 fully saturated rings. The first-order valence-electron chi connectivity index (χ1n) is 9.09. The van der Waals surface area contributed by atoms with Crippen molar-refractivity contribution < 1.29 is 13.6 Å². The number of para-hydroxylation sites is 1. The predicted octanol–water partition coefficient (Wildman–Crippen LogP) is 5.70. The van der Waals surface area contributed by atoms with E-state index in [1.165, 1.54) is 36.0 Å². The molecule has 0 unspecified atom stereocenters. The fourth-order valence-electron chi connectivity index (χ4n) is 3.20. The van der Waals surface area contributed by atoms with E-state index in [1.807, 2.05) is 36.5 Å². The van der Waals surface area contributed by atoms with Crippen molar-refractivity contribution in [3.8, 4) is 0 Å². The number of benzene rings is 3. The number of rotatable bonds is 6. The van der Waals surface area contributed by atoms with Crippen molar-refractivity contribution in [1.29, 1.82) is 0 Å². The van der Waals surface area contributed by atoms with Gasteiger partial charge in [0.15, 0.2) is 0 Å². The molecule has 146 valence electrons. The summed E-state index contributed by atoms with van der Waals surface area (Å²) in [5, 5.41) is 3.74. The van der Waals surface area contributed by atoms with E-state index in [1.54, 1.807) is 18.2 Å². The van der Waals surface area contributed by atoms with Gasteiger partial charge in [-0.15, -0.1) is 11.8 Å². The lowest BCUT2D eigenvalue weighted by molar-refractivity contribution is -0.113. The quantitative estimate of drug-likeness (QED) is 0.415. The number of nitrogens with zero attached hydrogens (tertiary/aromatic N) is 1. The highest BCUT2D eigenvalue weighted by molar-refractivity contribution is 8.00. The Morgan fingerprint density at radius 3 is 2.48 bits per heavy atom. The van der Waals surface area contributed by atoms with Crippen molar-refractivity contribution in [2.75, 3.05) is 11.1 Å². The normalized spacial score (nSPS) is 11.0. The average Bonchev–Trinajstić information content (AvgIpc) is 3.04. The SMILES string of the molecule is O=C(CSc1cn(Cc2cccc(F)c2)c2ccccc12)Nc1cccc(F)c1. The summed E-state index contributed by atoms with van der Waals surface area (Å²) in [6.07, 6.45) is 1.98. The summed E-state index contributed by atoms with van der Waals surface area (Å²) in [6.45, 7) is 0.536. The molecule has 3 nitrogen and oxygen atoms in total. The molecule has 0 aliphatic heterocycles. The number of nitrogens with one attached hydrogen (secondary N) is 1. The van der Waals surface area contributed by atoms with Crippen molar-refractivity contribution in [2.45, 2.75) is 11.4 Å². The van der Waals surface area contributed by atoms with E-state index < -0.39 is 5.82 Å². The Hall–Kier alpha value is -3.12. The van der Waals surface area contributed by atoms with Gasteiger partial charge in [0.25, 0.3) is 0 Å². The Balaban J connectivity index is 1.51. The molecule has 4 aromatic rings. The van der Waals surface area contributed by atoms with Crippen molar-refractivity contribution in [1.82, 2.24) is 4.57 Å². The third kappa shape index (κ3) is 4.66. The number of amides is 1. The molecule has 1 aromatic heterocycles. The molecule has 29 heavy (non-hydrogen) atoms. The first-order valence-corrected chi connectivity index (χ1v) is 10.1. The van der Waals surface area contributed by atoms with E-state index in [4.69, 9.17) is 0 Å². The van der Waals surface area contributed by atoms with Crippen LogP contribution in [0.1, 0.15) is 5.56 Å². The van der Waals surface area contributed by atoms with Gasteiger partial charge >= 0.3 is 0 Å². The average molecular weight is 408 g/mol. The molecule has 0 saturated heterocycles. The lowest BCUT2D eigenvalue weighted by Gasteiger charge is -2.05. The standard InChI is InChI=1S/C23H18F2N2OS/c24-17-6-3-5-16(11-17)13-27-14-22(20-9-1-2-10-21(20)27)29-15-23(28)26-19-8-4-7-18(25)12-19/h1-12,14H,13,15H2,(H,26,28). The van der Waals surface area contributed by atoms with Gasteiger partial charge in [-0.2, -0.15) is 0 Å². The number of carbonyl (C=O) groups excluding carboxylic acids is 1. The summed E-state index contributed by atoms with van der Waals surface area (Å²) in [6, 6.07) is 20.3. The largest absolute Gasteiger partial charge is 0.342 e. The second kappa shape index (κ2) is 8.49. The number of thioether (sulfide) groups is 1. The second-order valence-electron chi connectivity index (χ2n) is 6.62. The van der Waals surface area contributed by atoms with E-state index in [0.717, 1.165) is 21.4 Å². The first-order chi connectivity index (χ1) is 14.1. The van der Waals surface area contributed by atoms with E-state index in [9.17, 15) is 13.6 Å². The van der Waals surface area contributed by atoms with Gasteiger partial charge in [0, 0.05) is 34.2 Å². The summed E-state index contributed by atoms with van der Waals surface area (Å²) in [4.78, 5) is 13.2. The molecule has 1 amide bonds. The van der Waals surface area contributed by atoms with Gasteiger partial charge in [0.2, 0.25) is 5.91 Å². The Kier molecular flexibility index (Phi) is 5.62. The molecule has 0 radical (unpaired) electrons. The smallest absolute Gasteiger partial charge is 0.234 e. The molecule has 0 spiro atoms. The van der Waals surface area contributed by atoms with Crippen LogP contribution in [0.3, 0.4) is 0 Å². The number of halogens is 2. The molecule has 0 saturated carbocycles. The summed E-state index contributed by atoms with van der Waals surface area (Å²) in [5.74, 6) is -0.661. The Labute approximate surface area is 171 Å². The number of anilines is 1. The molecular formula is C23H18F2N2OS. The van der Waals surface area contributed by atoms with Gasteiger partial charge in [0.05, 0.1) is 5.75 Å². The molecule has 1 N–H and O–H groups in total. The zero-order chi connectivity index (χ0) is 20.2. The van der Waals surface area contributed by atoms with E-state index in [2.05, 4.69) is 9.88 Å². The van der Waals surface area contributed by atoms with Gasteiger partial charge in [-0.1, -0.05) is 36.4 Å². The molecule has 0 aliphatic rings. The fraction of sp³-hybridized carbons (Fsp3) is 0.0870. The van der Waals surface area contributed by atoms with Crippen LogP contribution in [0.4, 0.5) is 14.5 Å². The summed E-state index contributed by atoms with van der Waals surface area (Å²) in [5.41, 5.74) is 2.32. The molecule has 0 bridgehead atoms. The van der Waals surface area contributed by atoms with Crippen LogP contribution < -0.4 is 5.32 Å². The van der Waals surface area contributed by atoms with Crippen LogP contribution in [0.2, 0.25) is 0 Å². The highest BCUT2D eigenvalue weighted by Crippen LogP contribution is 2.30. The molecule has 6 heteroatoms. The molecule has 3 aromatic carbocycles. The zero-order valence-electron chi connectivity index (χ0n) is 15.4. The monoisotopic (exact) mass is 408 g/mol. The van der Waals surface area contributed by atoms with Crippen molar-refractivity contribution in [2.24, 2.45) is 0 Å². The van der Waals surface area contributed by atoms with Gasteiger partial charge in [0.1, 0.15) is 11.6 Å². The molecular weight excluding hydrogens is 390 g/mol. The predicted molar refractivity (Wildman–Crippen MR) is 113 cm³/mol. The summed E-state index contributed by atoms with van der Waals surface area (Å²) < 4.78 is 28.8. The maximum Gasteiger partial charge on any atom is 0.234 e. The number of aromatic nitrogens is 1. The van der Waals surface area contributed by atoms with Crippen LogP contribution in [0, 0.1) is 11.6 Å². The minimum Gasteiger partial charge on any atom is -0.342 e. The minimum atomic E-state index is -0.393. The lowest BCUT2D eigenvalue weighted by Crippen LogP contribution is -2.13. The third-order valence-electron chi connectivity index (χ3n) is 4.46. The topological polar surface area (TPSA) is 34.0 Å². The fourth-order valence-corrected chi connectivity index (χ4v) is 4.09. The van der Waals surface area contributed by atoms with Gasteiger partial charge in [-0.25, -0.2) is 8.78 Å². The van der Waals surface area contributed by atoms with E-state index in [0.29, 0.717) is 12.2 Å². The van der Waals surface area contributed by atoms with Crippen molar-refractivity contribution in [3.05, 3.63) is 96.2 Å². The van der Waals surface area contributed by atoms with Crippen LogP contribution in [0.15, 0.2) is 83.9 Å². The van der Waals surface area contributed by atoms with Crippen molar-refractivity contribution in [3.63, 3.8) is 0 Å². The Morgan fingerprint density at radius 1 is 0.931 bits per heavy atom. The zero-order valence-corrected chi connectivity index (χ0v) is 16.3. The Morgan fingerprint density at radius 2 is 1.69 bits per heavy atom. The van der Waals surface area contributed by atoms with Gasteiger partial charge in [-0.05, 0) is 42.0 Å². The molecule has 0 aliphatic carbocycles. The maximum atomic E-state index is 13.5. The number of hydrogen-bond acceptors (Lipinski definition) is 2. The highest BCUT2D eigenvalue weighted by Gasteiger charge is 2.12. The van der Waals surface area contributed by atoms with Crippen LogP contribution in [-0.2, 0) is 11.3 Å². The van der Waals surface area contributed by atoms with E-state index >= 15 is 0 Å². The lowest BCUT2D eigenvalue weighted by atomic mass is 10.2. The van der Waals surface area contributed by atoms with Gasteiger partial charge in [-0.3, -0.25) is 4.79 Å². The minimum absolute atomic E-state index is 0.199. The first kappa shape index (κ1) is 19.2. The van der Waals surface area contributed by atoms with E-state index in [-0.39, 0.29) is 17.5 Å². The van der Waals surface area contributed by atoms with Crippen LogP contribution in [0.25, 0.3) is 10.9 Å². The summed E-state index contributed by atoms with van der Waals surface area (Å²) in [7, 11) is 0. The van der Waals surface area contributed by atoms with Crippen molar-refractivity contribution >= 4 is 34.3 Å². The number of carbonyl (C=O) groups is 1. The number of fused-ring (bicyclic) bond motifs is 1. The van der Waals surface area contributed by atoms with Crippen LogP contribution in [-0.4, -0.2) is 16.2 Å². The Bertz CT molecular complexity index is 1170. The maximum absolute atomic E-state index is 13.5. The molecule has 1 heterocycles. The van der Waals surface area contributed by atoms with Gasteiger partial charge < -0.3 is 9.88 Å². The summed E-state index contributed by atoms with van der Waals surface area (Å²) >= 11 is 1.42. The van der Waals surface area contributed by atoms with Crippen LogP contribution >= 0.6 is 11.8 Å². The second-order valence-corrected chi connectivity index (χ2v) is 7.63. The third-order valence-corrected chi connectivity index (χ3v) is 5.50. The molecule has 4 rings (SSSR count). The van der Waals surface area contributed by atoms with Crippen LogP contribution in [0.5, 0.6) is 0 Å².